The molecule has 0 aliphatic rings. The zero-order valence-corrected chi connectivity index (χ0v) is 15.2. The van der Waals surface area contributed by atoms with Crippen LogP contribution in [0.1, 0.15) is 26.6 Å². The Morgan fingerprint density at radius 3 is 2.35 bits per heavy atom. The molecule has 4 rings (SSSR count). The molecule has 0 unspecified atom stereocenters. The van der Waals surface area contributed by atoms with Gasteiger partial charge in [0, 0.05) is 5.41 Å². The maximum absolute atomic E-state index is 12.7. The summed E-state index contributed by atoms with van der Waals surface area (Å²) in [6.07, 6.45) is 0. The number of imidazole rings is 1. The van der Waals surface area contributed by atoms with E-state index in [1.807, 2.05) is 78.6 Å². The molecule has 2 aromatic carbocycles. The molecular formula is C20H21N5O. The van der Waals surface area contributed by atoms with Crippen molar-refractivity contribution in [2.75, 3.05) is 0 Å². The van der Waals surface area contributed by atoms with Gasteiger partial charge < -0.3 is 4.57 Å². The maximum Gasteiger partial charge on any atom is 0.157 e. The van der Waals surface area contributed by atoms with E-state index in [0.717, 1.165) is 27.9 Å². The third-order valence-electron chi connectivity index (χ3n) is 4.58. The van der Waals surface area contributed by atoms with E-state index in [1.54, 1.807) is 0 Å². The number of ketones is 1. The first kappa shape index (κ1) is 16.4. The van der Waals surface area contributed by atoms with Gasteiger partial charge in [-0.05, 0) is 24.3 Å². The minimum atomic E-state index is -0.400. The van der Waals surface area contributed by atoms with Crippen molar-refractivity contribution in [2.45, 2.75) is 33.9 Å². The highest BCUT2D eigenvalue weighted by atomic mass is 16.1. The highest BCUT2D eigenvalue weighted by Gasteiger charge is 2.24. The second-order valence-corrected chi connectivity index (χ2v) is 7.51. The number of para-hydroxylation sites is 3. The lowest BCUT2D eigenvalue weighted by molar-refractivity contribution is -0.126. The van der Waals surface area contributed by atoms with E-state index in [0.29, 0.717) is 13.1 Å². The number of carbonyl (C=O) groups excluding carboxylic acids is 1. The van der Waals surface area contributed by atoms with Crippen molar-refractivity contribution in [2.24, 2.45) is 5.41 Å². The Balaban J connectivity index is 1.79. The molecule has 0 atom stereocenters. The normalized spacial score (nSPS) is 12.1. The lowest BCUT2D eigenvalue weighted by atomic mass is 9.91. The monoisotopic (exact) mass is 347 g/mol. The molecule has 6 nitrogen and oxygen atoms in total. The fraction of sp³-hybridized carbons (Fsp3) is 0.300. The Kier molecular flexibility index (Phi) is 3.83. The molecule has 0 aliphatic carbocycles. The van der Waals surface area contributed by atoms with Crippen LogP contribution in [0.4, 0.5) is 0 Å². The molecule has 132 valence electrons. The third kappa shape index (κ3) is 2.87. The molecule has 0 N–H and O–H groups in total. The molecule has 0 spiro atoms. The summed E-state index contributed by atoms with van der Waals surface area (Å²) in [5.74, 6) is 0.977. The molecule has 0 saturated heterocycles. The molecule has 26 heavy (non-hydrogen) atoms. The number of aromatic nitrogens is 5. The first-order valence-electron chi connectivity index (χ1n) is 8.69. The Morgan fingerprint density at radius 2 is 1.62 bits per heavy atom. The number of fused-ring (bicyclic) bond motifs is 2. The molecule has 0 fully saturated rings. The lowest BCUT2D eigenvalue weighted by Gasteiger charge is -2.18. The van der Waals surface area contributed by atoms with Crippen LogP contribution in [0, 0.1) is 5.41 Å². The van der Waals surface area contributed by atoms with Crippen molar-refractivity contribution < 1.29 is 4.79 Å². The fourth-order valence-corrected chi connectivity index (χ4v) is 2.97. The summed E-state index contributed by atoms with van der Waals surface area (Å²) in [7, 11) is 0. The zero-order valence-electron chi connectivity index (χ0n) is 15.2. The molecular weight excluding hydrogens is 326 g/mol. The van der Waals surface area contributed by atoms with E-state index in [1.165, 1.54) is 0 Å². The minimum Gasteiger partial charge on any atom is -0.319 e. The van der Waals surface area contributed by atoms with Crippen molar-refractivity contribution in [3.63, 3.8) is 0 Å². The van der Waals surface area contributed by atoms with Gasteiger partial charge in [-0.3, -0.25) is 4.79 Å². The van der Waals surface area contributed by atoms with Crippen LogP contribution in [0.2, 0.25) is 0 Å². The average molecular weight is 347 g/mol. The van der Waals surface area contributed by atoms with Crippen LogP contribution in [0.3, 0.4) is 0 Å². The van der Waals surface area contributed by atoms with Crippen LogP contribution >= 0.6 is 0 Å². The summed E-state index contributed by atoms with van der Waals surface area (Å²) >= 11 is 0. The van der Waals surface area contributed by atoms with Gasteiger partial charge in [0.05, 0.1) is 23.1 Å². The van der Waals surface area contributed by atoms with Gasteiger partial charge in [0.25, 0.3) is 0 Å². The number of hydrogen-bond donors (Lipinski definition) is 0. The number of nitrogens with zero attached hydrogens (tertiary/aromatic N) is 5. The zero-order chi connectivity index (χ0) is 18.3. The van der Waals surface area contributed by atoms with Gasteiger partial charge in [0.1, 0.15) is 17.9 Å². The Bertz CT molecular complexity index is 1100. The molecule has 6 heteroatoms. The van der Waals surface area contributed by atoms with E-state index < -0.39 is 5.41 Å². The molecule has 0 amide bonds. The second-order valence-electron chi connectivity index (χ2n) is 7.51. The van der Waals surface area contributed by atoms with Gasteiger partial charge in [-0.15, -0.1) is 5.10 Å². The van der Waals surface area contributed by atoms with E-state index in [-0.39, 0.29) is 5.78 Å². The quantitative estimate of drug-likeness (QED) is 0.567. The van der Waals surface area contributed by atoms with Crippen LogP contribution in [-0.4, -0.2) is 30.3 Å². The predicted molar refractivity (Wildman–Crippen MR) is 101 cm³/mol. The van der Waals surface area contributed by atoms with E-state index >= 15 is 0 Å². The fourth-order valence-electron chi connectivity index (χ4n) is 2.97. The van der Waals surface area contributed by atoms with Crippen LogP contribution in [-0.2, 0) is 17.9 Å². The van der Waals surface area contributed by atoms with Crippen LogP contribution in [0.15, 0.2) is 48.5 Å². The van der Waals surface area contributed by atoms with Crippen LogP contribution < -0.4 is 0 Å². The smallest absolute Gasteiger partial charge is 0.157 e. The highest BCUT2D eigenvalue weighted by molar-refractivity contribution is 5.86. The third-order valence-corrected chi connectivity index (χ3v) is 4.58. The summed E-state index contributed by atoms with van der Waals surface area (Å²) < 4.78 is 3.83. The maximum atomic E-state index is 12.7. The summed E-state index contributed by atoms with van der Waals surface area (Å²) in [5, 5.41) is 8.47. The Hall–Kier alpha value is -3.02. The SMILES string of the molecule is CC(C)(C)C(=O)Cn1c(Cn2nnc3ccccc32)nc2ccccc21. The van der Waals surface area contributed by atoms with Crippen molar-refractivity contribution in [1.29, 1.82) is 0 Å². The minimum absolute atomic E-state index is 0.172. The number of hydrogen-bond acceptors (Lipinski definition) is 4. The van der Waals surface area contributed by atoms with Gasteiger partial charge in [0.2, 0.25) is 0 Å². The number of rotatable bonds is 4. The van der Waals surface area contributed by atoms with Gasteiger partial charge in [-0.1, -0.05) is 50.3 Å². The number of benzene rings is 2. The molecule has 4 aromatic rings. The van der Waals surface area contributed by atoms with E-state index in [9.17, 15) is 4.79 Å². The number of Topliss-reactive ketones (excluding diaryl/α,β-unsaturated/α-hetero) is 1. The van der Waals surface area contributed by atoms with Crippen molar-refractivity contribution in [3.05, 3.63) is 54.4 Å². The molecule has 0 saturated carbocycles. The van der Waals surface area contributed by atoms with Crippen molar-refractivity contribution in [3.8, 4) is 0 Å². The van der Waals surface area contributed by atoms with Gasteiger partial charge in [0.15, 0.2) is 5.78 Å². The summed E-state index contributed by atoms with van der Waals surface area (Å²) in [4.78, 5) is 17.4. The summed E-state index contributed by atoms with van der Waals surface area (Å²) in [5.41, 5.74) is 3.25. The topological polar surface area (TPSA) is 65.6 Å². The molecule has 0 radical (unpaired) electrons. The first-order valence-corrected chi connectivity index (χ1v) is 8.69. The second kappa shape index (κ2) is 6.05. The molecule has 0 aliphatic heterocycles. The van der Waals surface area contributed by atoms with Gasteiger partial charge in [-0.25, -0.2) is 9.67 Å². The lowest BCUT2D eigenvalue weighted by Crippen LogP contribution is -2.26. The van der Waals surface area contributed by atoms with Crippen LogP contribution in [0.25, 0.3) is 22.1 Å². The molecule has 0 bridgehead atoms. The summed E-state index contributed by atoms with van der Waals surface area (Å²) in [6.45, 7) is 6.59. The van der Waals surface area contributed by atoms with Gasteiger partial charge in [-0.2, -0.15) is 0 Å². The van der Waals surface area contributed by atoms with E-state index in [4.69, 9.17) is 4.98 Å². The van der Waals surface area contributed by atoms with Crippen molar-refractivity contribution >= 4 is 27.9 Å². The summed E-state index contributed by atoms with van der Waals surface area (Å²) in [6, 6.07) is 15.7. The average Bonchev–Trinajstić information content (AvgIpc) is 3.17. The standard InChI is InChI=1S/C20H21N5O/c1-20(2,3)18(26)12-24-16-10-6-4-8-14(16)21-19(24)13-25-17-11-7-5-9-15(17)22-23-25/h4-11H,12-13H2,1-3H3. The first-order chi connectivity index (χ1) is 12.4. The largest absolute Gasteiger partial charge is 0.319 e. The highest BCUT2D eigenvalue weighted by Crippen LogP contribution is 2.22. The Morgan fingerprint density at radius 1 is 0.962 bits per heavy atom. The predicted octanol–water partition coefficient (Wildman–Crippen LogP) is 3.44. The van der Waals surface area contributed by atoms with Gasteiger partial charge >= 0.3 is 0 Å². The van der Waals surface area contributed by atoms with E-state index in [2.05, 4.69) is 10.3 Å². The molecule has 2 aromatic heterocycles. The van der Waals surface area contributed by atoms with Crippen LogP contribution in [0.5, 0.6) is 0 Å². The van der Waals surface area contributed by atoms with Crippen molar-refractivity contribution in [1.82, 2.24) is 24.5 Å². The molecule has 2 heterocycles. The number of carbonyl (C=O) groups is 1. The Labute approximate surface area is 151 Å².